The number of aromatic amines is 1. The van der Waals surface area contributed by atoms with Crippen LogP contribution in [0.4, 0.5) is 5.82 Å². The Bertz CT molecular complexity index is 1010. The summed E-state index contributed by atoms with van der Waals surface area (Å²) in [6, 6.07) is 5.64. The largest absolute Gasteiger partial charge is 0.493 e. The summed E-state index contributed by atoms with van der Waals surface area (Å²) in [7, 11) is 3.16. The van der Waals surface area contributed by atoms with Crippen molar-refractivity contribution in [3.8, 4) is 11.5 Å². The lowest BCUT2D eigenvalue weighted by molar-refractivity contribution is -0.113. The first-order valence-electron chi connectivity index (χ1n) is 9.94. The van der Waals surface area contributed by atoms with E-state index in [2.05, 4.69) is 10.4 Å². The molecule has 1 aromatic carbocycles. The average molecular weight is 434 g/mol. The molecule has 2 N–H and O–H groups in total. The fraction of sp³-hybridized carbons (Fsp3) is 0.524. The number of hydrogen-bond acceptors (Lipinski definition) is 6. The van der Waals surface area contributed by atoms with Crippen molar-refractivity contribution in [1.29, 1.82) is 0 Å². The molecule has 162 valence electrons. The summed E-state index contributed by atoms with van der Waals surface area (Å²) in [4.78, 5) is 25.6. The SMILES string of the molecule is COc1ccc([C@H]2SCC(=O)Nc3c2c(=O)[nH]n3[C@@H]2CCOC(C)(C)C2)cc1OC. The molecule has 2 aliphatic heterocycles. The van der Waals surface area contributed by atoms with Gasteiger partial charge in [0.05, 0.1) is 42.4 Å². The van der Waals surface area contributed by atoms with E-state index < -0.39 is 0 Å². The minimum atomic E-state index is -0.309. The first-order chi connectivity index (χ1) is 14.3. The maximum atomic E-state index is 13.1. The molecule has 0 unspecified atom stereocenters. The zero-order valence-corrected chi connectivity index (χ0v) is 18.4. The van der Waals surface area contributed by atoms with E-state index in [4.69, 9.17) is 14.2 Å². The number of carbonyl (C=O) groups is 1. The van der Waals surface area contributed by atoms with Crippen molar-refractivity contribution in [2.24, 2.45) is 0 Å². The lowest BCUT2D eigenvalue weighted by atomic mass is 9.94. The van der Waals surface area contributed by atoms with E-state index in [1.54, 1.807) is 14.2 Å². The highest BCUT2D eigenvalue weighted by Gasteiger charge is 2.36. The molecule has 9 heteroatoms. The van der Waals surface area contributed by atoms with Crippen LogP contribution in [-0.4, -0.2) is 47.9 Å². The number of rotatable bonds is 4. The van der Waals surface area contributed by atoms with Crippen molar-refractivity contribution in [1.82, 2.24) is 9.78 Å². The maximum absolute atomic E-state index is 13.1. The maximum Gasteiger partial charge on any atom is 0.270 e. The zero-order chi connectivity index (χ0) is 21.5. The average Bonchev–Trinajstić information content (AvgIpc) is 2.92. The van der Waals surface area contributed by atoms with Crippen LogP contribution >= 0.6 is 11.8 Å². The number of benzene rings is 1. The fourth-order valence-electron chi connectivity index (χ4n) is 4.22. The number of nitrogens with one attached hydrogen (secondary N) is 2. The van der Waals surface area contributed by atoms with Gasteiger partial charge in [-0.2, -0.15) is 0 Å². The quantitative estimate of drug-likeness (QED) is 0.770. The second-order valence-electron chi connectivity index (χ2n) is 8.18. The van der Waals surface area contributed by atoms with Crippen LogP contribution in [0.3, 0.4) is 0 Å². The topological polar surface area (TPSA) is 94.6 Å². The highest BCUT2D eigenvalue weighted by Crippen LogP contribution is 2.44. The molecule has 8 nitrogen and oxygen atoms in total. The second kappa shape index (κ2) is 8.03. The minimum absolute atomic E-state index is 0.0413. The van der Waals surface area contributed by atoms with Crippen molar-refractivity contribution < 1.29 is 19.0 Å². The van der Waals surface area contributed by atoms with Crippen LogP contribution in [0.2, 0.25) is 0 Å². The summed E-state index contributed by atoms with van der Waals surface area (Å²) >= 11 is 1.43. The molecule has 0 bridgehead atoms. The summed E-state index contributed by atoms with van der Waals surface area (Å²) < 4.78 is 18.4. The van der Waals surface area contributed by atoms with Crippen molar-refractivity contribution >= 4 is 23.5 Å². The number of fused-ring (bicyclic) bond motifs is 1. The highest BCUT2D eigenvalue weighted by atomic mass is 32.2. The van der Waals surface area contributed by atoms with Gasteiger partial charge in [-0.1, -0.05) is 6.07 Å². The number of aromatic nitrogens is 2. The predicted octanol–water partition coefficient (Wildman–Crippen LogP) is 3.10. The number of methoxy groups -OCH3 is 2. The number of nitrogens with zero attached hydrogens (tertiary/aromatic N) is 1. The van der Waals surface area contributed by atoms with E-state index in [1.807, 2.05) is 36.7 Å². The summed E-state index contributed by atoms with van der Waals surface area (Å²) in [6.45, 7) is 4.69. The molecule has 1 fully saturated rings. The van der Waals surface area contributed by atoms with Crippen LogP contribution in [0.15, 0.2) is 23.0 Å². The summed E-state index contributed by atoms with van der Waals surface area (Å²) in [5, 5.41) is 5.64. The number of anilines is 1. The van der Waals surface area contributed by atoms with Crippen LogP contribution in [0.25, 0.3) is 0 Å². The van der Waals surface area contributed by atoms with E-state index >= 15 is 0 Å². The molecule has 3 heterocycles. The first kappa shape index (κ1) is 20.9. The number of amides is 1. The van der Waals surface area contributed by atoms with E-state index in [0.29, 0.717) is 29.5 Å². The monoisotopic (exact) mass is 433 g/mol. The van der Waals surface area contributed by atoms with Gasteiger partial charge in [0, 0.05) is 6.61 Å². The van der Waals surface area contributed by atoms with Gasteiger partial charge in [-0.25, -0.2) is 0 Å². The molecule has 2 atom stereocenters. The standard InChI is InChI=1S/C21H27N3O5S/c1-21(2)10-13(7-8-29-21)24-19-17(20(26)23-24)18(30-11-16(25)22-19)12-5-6-14(27-3)15(9-12)28-4/h5-6,9,13,18H,7-8,10-11H2,1-4H3,(H,22,25)(H,23,26)/t13-,18-/m1/s1. The van der Waals surface area contributed by atoms with E-state index in [0.717, 1.165) is 18.4 Å². The minimum Gasteiger partial charge on any atom is -0.493 e. The first-order valence-corrected chi connectivity index (χ1v) is 11.0. The van der Waals surface area contributed by atoms with Crippen LogP contribution in [0.1, 0.15) is 49.1 Å². The van der Waals surface area contributed by atoms with Crippen molar-refractivity contribution in [2.45, 2.75) is 43.6 Å². The summed E-state index contributed by atoms with van der Waals surface area (Å²) in [5.74, 6) is 1.89. The Morgan fingerprint density at radius 3 is 2.67 bits per heavy atom. The molecule has 2 aliphatic rings. The molecule has 1 saturated heterocycles. The third-order valence-corrected chi connectivity index (χ3v) is 6.88. The number of thioether (sulfide) groups is 1. The number of H-pyrrole nitrogens is 1. The predicted molar refractivity (Wildman–Crippen MR) is 116 cm³/mol. The number of carbonyl (C=O) groups excluding carboxylic acids is 1. The van der Waals surface area contributed by atoms with Gasteiger partial charge >= 0.3 is 0 Å². The van der Waals surface area contributed by atoms with E-state index in [-0.39, 0.29) is 34.1 Å². The van der Waals surface area contributed by atoms with E-state index in [9.17, 15) is 9.59 Å². The Morgan fingerprint density at radius 2 is 1.97 bits per heavy atom. The normalized spacial score (nSPS) is 23.3. The third-order valence-electron chi connectivity index (χ3n) is 5.61. The van der Waals surface area contributed by atoms with Crippen LogP contribution in [0, 0.1) is 0 Å². The molecule has 1 aromatic heterocycles. The van der Waals surface area contributed by atoms with Crippen LogP contribution in [-0.2, 0) is 9.53 Å². The molecular weight excluding hydrogens is 406 g/mol. The zero-order valence-electron chi connectivity index (χ0n) is 17.6. The highest BCUT2D eigenvalue weighted by molar-refractivity contribution is 8.00. The smallest absolute Gasteiger partial charge is 0.270 e. The molecular formula is C21H27N3O5S. The third kappa shape index (κ3) is 3.83. The Morgan fingerprint density at radius 1 is 1.20 bits per heavy atom. The second-order valence-corrected chi connectivity index (χ2v) is 9.28. The van der Waals surface area contributed by atoms with Gasteiger partial charge in [0.15, 0.2) is 11.5 Å². The van der Waals surface area contributed by atoms with Crippen LogP contribution < -0.4 is 20.3 Å². The lowest BCUT2D eigenvalue weighted by Gasteiger charge is -2.36. The Hall–Kier alpha value is -2.39. The molecule has 0 radical (unpaired) electrons. The Balaban J connectivity index is 1.80. The lowest BCUT2D eigenvalue weighted by Crippen LogP contribution is -2.36. The van der Waals surface area contributed by atoms with Gasteiger partial charge in [0.2, 0.25) is 5.91 Å². The van der Waals surface area contributed by atoms with Gasteiger partial charge in [-0.3, -0.25) is 19.4 Å². The van der Waals surface area contributed by atoms with Gasteiger partial charge in [-0.15, -0.1) is 11.8 Å². The summed E-state index contributed by atoms with van der Waals surface area (Å²) in [6.07, 6.45) is 1.51. The van der Waals surface area contributed by atoms with Crippen molar-refractivity contribution in [3.63, 3.8) is 0 Å². The molecule has 1 amide bonds. The molecule has 0 saturated carbocycles. The van der Waals surface area contributed by atoms with Gasteiger partial charge in [0.25, 0.3) is 5.56 Å². The van der Waals surface area contributed by atoms with E-state index in [1.165, 1.54) is 11.8 Å². The summed E-state index contributed by atoms with van der Waals surface area (Å²) in [5.41, 5.74) is 0.959. The fourth-order valence-corrected chi connectivity index (χ4v) is 5.33. The Kier molecular flexibility index (Phi) is 5.59. The van der Waals surface area contributed by atoms with Gasteiger partial charge in [-0.05, 0) is 44.4 Å². The van der Waals surface area contributed by atoms with Crippen LogP contribution in [0.5, 0.6) is 11.5 Å². The van der Waals surface area contributed by atoms with Gasteiger partial charge in [0.1, 0.15) is 5.82 Å². The molecule has 30 heavy (non-hydrogen) atoms. The molecule has 2 aromatic rings. The number of hydrogen-bond donors (Lipinski definition) is 2. The number of ether oxygens (including phenoxy) is 3. The molecule has 0 spiro atoms. The molecule has 4 rings (SSSR count). The van der Waals surface area contributed by atoms with Gasteiger partial charge < -0.3 is 19.5 Å². The van der Waals surface area contributed by atoms with Crippen molar-refractivity contribution in [3.05, 3.63) is 39.7 Å². The van der Waals surface area contributed by atoms with Crippen molar-refractivity contribution in [2.75, 3.05) is 31.9 Å². The Labute approximate surface area is 179 Å². The molecule has 0 aliphatic carbocycles.